The minimum absolute atomic E-state index is 0.0912. The van der Waals surface area contributed by atoms with Crippen molar-refractivity contribution in [2.45, 2.75) is 95.7 Å². The maximum absolute atomic E-state index is 15.3. The summed E-state index contributed by atoms with van der Waals surface area (Å²) in [5.74, 6) is -8.25. The second-order valence-electron chi connectivity index (χ2n) is 11.5. The van der Waals surface area contributed by atoms with E-state index >= 15 is 13.2 Å². The van der Waals surface area contributed by atoms with E-state index in [-0.39, 0.29) is 36.5 Å². The predicted molar refractivity (Wildman–Crippen MR) is 139 cm³/mol. The van der Waals surface area contributed by atoms with Crippen molar-refractivity contribution in [3.63, 3.8) is 0 Å². The molecule has 0 fully saturated rings. The smallest absolute Gasteiger partial charge is 0.309 e. The Bertz CT molecular complexity index is 1360. The van der Waals surface area contributed by atoms with Crippen LogP contribution in [-0.2, 0) is 4.74 Å². The number of ether oxygens (including phenoxy) is 1. The Kier molecular flexibility index (Phi) is 10.1. The SMILES string of the molecule is CCCC(C)C1=CC[C@H](C2=CC(F)=C(C3=CC(F)=C(C(F)(F)OC4C=C(F)C(C(F)(F)F)=C(F)C4)C(F)C3)C(F)C2)C(F)C1. The number of hydrogen-bond donors (Lipinski definition) is 0. The molecule has 244 valence electrons. The maximum Gasteiger partial charge on any atom is 0.421 e. The van der Waals surface area contributed by atoms with Crippen LogP contribution in [0.4, 0.5) is 52.7 Å². The zero-order valence-electron chi connectivity index (χ0n) is 23.7. The monoisotopic (exact) mass is 646 g/mol. The molecule has 0 aromatic carbocycles. The van der Waals surface area contributed by atoms with Crippen LogP contribution in [0.2, 0.25) is 0 Å². The minimum Gasteiger partial charge on any atom is -0.309 e. The van der Waals surface area contributed by atoms with Gasteiger partial charge in [0.2, 0.25) is 0 Å². The van der Waals surface area contributed by atoms with Gasteiger partial charge in [-0.15, -0.1) is 0 Å². The van der Waals surface area contributed by atoms with Gasteiger partial charge in [-0.1, -0.05) is 37.5 Å². The van der Waals surface area contributed by atoms with E-state index in [1.54, 1.807) is 0 Å². The molecule has 0 saturated heterocycles. The van der Waals surface area contributed by atoms with Crippen LogP contribution in [0, 0.1) is 11.8 Å². The highest BCUT2D eigenvalue weighted by Crippen LogP contribution is 2.47. The van der Waals surface area contributed by atoms with Gasteiger partial charge in [0.15, 0.2) is 0 Å². The summed E-state index contributed by atoms with van der Waals surface area (Å²) in [6, 6.07) is 0. The fourth-order valence-electron chi connectivity index (χ4n) is 6.23. The topological polar surface area (TPSA) is 9.23 Å². The number of allylic oxidation sites excluding steroid dienone is 11. The summed E-state index contributed by atoms with van der Waals surface area (Å²) in [5, 5.41) is 0. The molecule has 0 saturated carbocycles. The number of hydrogen-bond acceptors (Lipinski definition) is 1. The van der Waals surface area contributed by atoms with E-state index in [1.807, 2.05) is 19.9 Å². The zero-order chi connectivity index (χ0) is 32.7. The van der Waals surface area contributed by atoms with Gasteiger partial charge in [0.1, 0.15) is 47.4 Å². The molecule has 4 aliphatic carbocycles. The third-order valence-corrected chi connectivity index (χ3v) is 8.37. The summed E-state index contributed by atoms with van der Waals surface area (Å²) in [7, 11) is 0. The standard InChI is InChI=1S/C31H30F12O/c1-3-4-14(2)15-5-6-19(20(32)7-15)16-8-21(33)27(22(34)9-16)17-10-23(35)29(24(36)11-17)31(42,43)44-18-12-25(37)28(26(38)13-18)30(39,40)41/h5,8,10,12,14,18-20,22,24H,3-4,6-7,9,11,13H2,1-2H3/t14?,18?,19-,20?,22?,24?/m1/s1. The zero-order valence-corrected chi connectivity index (χ0v) is 23.7. The minimum atomic E-state index is -5.47. The van der Waals surface area contributed by atoms with Crippen LogP contribution < -0.4 is 0 Å². The second-order valence-corrected chi connectivity index (χ2v) is 11.5. The van der Waals surface area contributed by atoms with Crippen molar-refractivity contribution in [3.05, 3.63) is 81.1 Å². The molecule has 0 aromatic rings. The van der Waals surface area contributed by atoms with Crippen molar-refractivity contribution < 1.29 is 57.4 Å². The van der Waals surface area contributed by atoms with E-state index in [0.29, 0.717) is 0 Å². The molecular formula is C31H30F12O. The first-order valence-electron chi connectivity index (χ1n) is 14.2. The number of rotatable bonds is 8. The van der Waals surface area contributed by atoms with E-state index < -0.39 is 108 Å². The van der Waals surface area contributed by atoms with E-state index in [2.05, 4.69) is 4.74 Å². The fourth-order valence-corrected chi connectivity index (χ4v) is 6.23. The van der Waals surface area contributed by atoms with Crippen molar-refractivity contribution >= 4 is 0 Å². The predicted octanol–water partition coefficient (Wildman–Crippen LogP) is 10.9. The first kappa shape index (κ1) is 34.2. The maximum atomic E-state index is 15.3. The largest absolute Gasteiger partial charge is 0.421 e. The first-order chi connectivity index (χ1) is 20.4. The van der Waals surface area contributed by atoms with Crippen LogP contribution in [0.15, 0.2) is 81.1 Å². The van der Waals surface area contributed by atoms with Crippen molar-refractivity contribution in [2.24, 2.45) is 11.8 Å². The molecule has 4 rings (SSSR count). The van der Waals surface area contributed by atoms with Crippen LogP contribution in [0.25, 0.3) is 0 Å². The van der Waals surface area contributed by atoms with E-state index in [1.165, 1.54) is 0 Å². The molecule has 0 heterocycles. The van der Waals surface area contributed by atoms with Crippen LogP contribution >= 0.6 is 0 Å². The molecule has 0 aliphatic heterocycles. The average molecular weight is 647 g/mol. The first-order valence-corrected chi connectivity index (χ1v) is 14.2. The molecule has 1 nitrogen and oxygen atoms in total. The number of alkyl halides is 8. The number of halogens is 12. The highest BCUT2D eigenvalue weighted by molar-refractivity contribution is 5.51. The van der Waals surface area contributed by atoms with Gasteiger partial charge in [0.05, 0.1) is 11.7 Å². The van der Waals surface area contributed by atoms with Crippen molar-refractivity contribution in [3.8, 4) is 0 Å². The highest BCUT2D eigenvalue weighted by Gasteiger charge is 2.49. The second kappa shape index (κ2) is 13.0. The highest BCUT2D eigenvalue weighted by atomic mass is 19.4. The molecule has 0 bridgehead atoms. The van der Waals surface area contributed by atoms with Crippen LogP contribution in [0.1, 0.15) is 58.8 Å². The molecule has 0 amide bonds. The van der Waals surface area contributed by atoms with Gasteiger partial charge in [-0.25, -0.2) is 30.7 Å². The van der Waals surface area contributed by atoms with E-state index in [9.17, 15) is 39.5 Å². The molecular weight excluding hydrogens is 616 g/mol. The molecule has 0 radical (unpaired) electrons. The van der Waals surface area contributed by atoms with E-state index in [0.717, 1.165) is 24.5 Å². The Hall–Kier alpha value is -2.70. The fraction of sp³-hybridized carbons (Fsp3) is 0.548. The summed E-state index contributed by atoms with van der Waals surface area (Å²) in [5.41, 5.74) is -4.59. The summed E-state index contributed by atoms with van der Waals surface area (Å²) in [4.78, 5) is 0. The molecule has 13 heteroatoms. The van der Waals surface area contributed by atoms with Gasteiger partial charge in [0.25, 0.3) is 0 Å². The van der Waals surface area contributed by atoms with Crippen molar-refractivity contribution in [2.75, 3.05) is 0 Å². The van der Waals surface area contributed by atoms with Gasteiger partial charge < -0.3 is 4.74 Å². The summed E-state index contributed by atoms with van der Waals surface area (Å²) in [6.45, 7) is 3.98. The third-order valence-electron chi connectivity index (χ3n) is 8.37. The van der Waals surface area contributed by atoms with Gasteiger partial charge in [-0.2, -0.15) is 22.0 Å². The molecule has 4 aliphatic rings. The lowest BCUT2D eigenvalue weighted by Crippen LogP contribution is -2.36. The molecule has 0 spiro atoms. The van der Waals surface area contributed by atoms with E-state index in [4.69, 9.17) is 0 Å². The molecule has 6 atom stereocenters. The summed E-state index contributed by atoms with van der Waals surface area (Å²) in [6.07, 6.45) is -17.2. The van der Waals surface area contributed by atoms with Crippen LogP contribution in [-0.4, -0.2) is 36.9 Å². The Morgan fingerprint density at radius 2 is 1.57 bits per heavy atom. The molecule has 0 N–H and O–H groups in total. The normalized spacial score (nSPS) is 29.8. The van der Waals surface area contributed by atoms with Crippen LogP contribution in [0.3, 0.4) is 0 Å². The van der Waals surface area contributed by atoms with Crippen LogP contribution in [0.5, 0.6) is 0 Å². The molecule has 44 heavy (non-hydrogen) atoms. The molecule has 0 aromatic heterocycles. The average Bonchev–Trinajstić information content (AvgIpc) is 2.86. The molecule has 5 unspecified atom stereocenters. The van der Waals surface area contributed by atoms with Gasteiger partial charge >= 0.3 is 12.3 Å². The van der Waals surface area contributed by atoms with Gasteiger partial charge in [-0.3, -0.25) is 0 Å². The lowest BCUT2D eigenvalue weighted by molar-refractivity contribution is -0.232. The van der Waals surface area contributed by atoms with Crippen molar-refractivity contribution in [1.82, 2.24) is 0 Å². The Morgan fingerprint density at radius 1 is 0.886 bits per heavy atom. The summed E-state index contributed by atoms with van der Waals surface area (Å²) < 4.78 is 175. The Balaban J connectivity index is 1.56. The van der Waals surface area contributed by atoms with Gasteiger partial charge in [0, 0.05) is 37.2 Å². The Morgan fingerprint density at radius 3 is 2.11 bits per heavy atom. The third kappa shape index (κ3) is 7.07. The Labute approximate surface area is 246 Å². The lowest BCUT2D eigenvalue weighted by atomic mass is 9.75. The quantitative estimate of drug-likeness (QED) is 0.188. The lowest BCUT2D eigenvalue weighted by Gasteiger charge is -2.34. The van der Waals surface area contributed by atoms with Crippen molar-refractivity contribution in [1.29, 1.82) is 0 Å². The van der Waals surface area contributed by atoms with Gasteiger partial charge in [-0.05, 0) is 42.6 Å². The summed E-state index contributed by atoms with van der Waals surface area (Å²) >= 11 is 0.